The topological polar surface area (TPSA) is 0 Å². The lowest BCUT2D eigenvalue weighted by Crippen LogP contribution is -2.19. The summed E-state index contributed by atoms with van der Waals surface area (Å²) in [5.74, 6) is 0. The van der Waals surface area contributed by atoms with E-state index in [4.69, 9.17) is 0 Å². The van der Waals surface area contributed by atoms with Crippen LogP contribution < -0.4 is 0 Å². The Balaban J connectivity index is 1.50. The smallest absolute Gasteiger partial charge is 0.0159 e. The van der Waals surface area contributed by atoms with E-state index >= 15 is 0 Å². The van der Waals surface area contributed by atoms with Crippen molar-refractivity contribution in [2.75, 3.05) is 0 Å². The largest absolute Gasteiger partial charge is 0.0622 e. The minimum Gasteiger partial charge on any atom is -0.0622 e. The maximum absolute atomic E-state index is 2.49. The van der Waals surface area contributed by atoms with Crippen LogP contribution in [-0.4, -0.2) is 0 Å². The fraction of sp³-hybridized carbons (Fsp3) is 0.302. The van der Waals surface area contributed by atoms with Crippen LogP contribution in [0.25, 0.3) is 44.5 Å². The minimum absolute atomic E-state index is 0.0534. The molecule has 0 aromatic heterocycles. The third-order valence-corrected chi connectivity index (χ3v) is 9.67. The van der Waals surface area contributed by atoms with Gasteiger partial charge in [0.2, 0.25) is 0 Å². The van der Waals surface area contributed by atoms with Gasteiger partial charge in [-0.2, -0.15) is 0 Å². The zero-order chi connectivity index (χ0) is 30.9. The molecule has 0 amide bonds. The van der Waals surface area contributed by atoms with Crippen LogP contribution in [0, 0.1) is 13.8 Å². The molecule has 0 fully saturated rings. The highest BCUT2D eigenvalue weighted by Gasteiger charge is 2.39. The molecule has 43 heavy (non-hydrogen) atoms. The molecule has 0 radical (unpaired) electrons. The van der Waals surface area contributed by atoms with Crippen LogP contribution in [0.15, 0.2) is 97.1 Å². The summed E-state index contributed by atoms with van der Waals surface area (Å²) in [5.41, 5.74) is 19.0. The van der Waals surface area contributed by atoms with Crippen LogP contribution >= 0.6 is 0 Å². The second kappa shape index (κ2) is 10.1. The van der Waals surface area contributed by atoms with Crippen molar-refractivity contribution < 1.29 is 0 Å². The van der Waals surface area contributed by atoms with Gasteiger partial charge in [0.05, 0.1) is 0 Å². The summed E-state index contributed by atoms with van der Waals surface area (Å²) in [6.07, 6.45) is 0. The molecule has 0 nitrogen and oxygen atoms in total. The normalized spacial score (nSPS) is 14.0. The number of benzene rings is 5. The molecular formula is C43H46. The molecule has 0 heteroatoms. The van der Waals surface area contributed by atoms with E-state index in [1.165, 1.54) is 77.9 Å². The molecule has 0 unspecified atom stereocenters. The van der Waals surface area contributed by atoms with Gasteiger partial charge in [0.25, 0.3) is 0 Å². The van der Waals surface area contributed by atoms with Crippen LogP contribution in [0.1, 0.15) is 88.8 Å². The Bertz CT molecular complexity index is 1850. The van der Waals surface area contributed by atoms with Gasteiger partial charge < -0.3 is 0 Å². The molecule has 1 aliphatic rings. The highest BCUT2D eigenvalue weighted by Crippen LogP contribution is 2.54. The molecule has 0 saturated carbocycles. The first-order valence-corrected chi connectivity index (χ1v) is 15.8. The summed E-state index contributed by atoms with van der Waals surface area (Å²) in [6.45, 7) is 23.3. The minimum atomic E-state index is -0.0610. The first-order valence-electron chi connectivity index (χ1n) is 15.8. The van der Waals surface area contributed by atoms with Crippen LogP contribution in [0.4, 0.5) is 0 Å². The van der Waals surface area contributed by atoms with Crippen molar-refractivity contribution in [3.8, 4) is 44.5 Å². The molecule has 0 bridgehead atoms. The van der Waals surface area contributed by atoms with Gasteiger partial charge in [-0.1, -0.05) is 146 Å². The summed E-state index contributed by atoms with van der Waals surface area (Å²) < 4.78 is 0. The van der Waals surface area contributed by atoms with Crippen molar-refractivity contribution >= 4 is 0 Å². The van der Waals surface area contributed by atoms with Gasteiger partial charge in [-0.25, -0.2) is 0 Å². The fourth-order valence-corrected chi connectivity index (χ4v) is 6.89. The number of fused-ring (bicyclic) bond motifs is 3. The maximum Gasteiger partial charge on any atom is 0.0159 e. The van der Waals surface area contributed by atoms with E-state index in [9.17, 15) is 0 Å². The molecule has 0 heterocycles. The highest BCUT2D eigenvalue weighted by molar-refractivity contribution is 5.94. The van der Waals surface area contributed by atoms with Gasteiger partial charge in [0.15, 0.2) is 0 Å². The zero-order valence-corrected chi connectivity index (χ0v) is 27.7. The predicted molar refractivity (Wildman–Crippen MR) is 187 cm³/mol. The van der Waals surface area contributed by atoms with Gasteiger partial charge in [0.1, 0.15) is 0 Å². The van der Waals surface area contributed by atoms with Crippen LogP contribution in [0.2, 0.25) is 0 Å². The van der Waals surface area contributed by atoms with Gasteiger partial charge >= 0.3 is 0 Å². The van der Waals surface area contributed by atoms with Crippen molar-refractivity contribution in [3.63, 3.8) is 0 Å². The van der Waals surface area contributed by atoms with Gasteiger partial charge in [-0.05, 0) is 109 Å². The quantitative estimate of drug-likeness (QED) is 0.205. The standard InChI is InChI=1S/C43H46/c1-27-22-30(29-14-12-11-13-15-29)16-19-34(27)35-20-17-31(23-28(35)2)37-24-33(42(6,7)8)26-39-40(37)36-21-18-32(41(3,4)5)25-38(36)43(39,9)10/h11-26H,1-10H3. The van der Waals surface area contributed by atoms with Crippen molar-refractivity contribution in [1.82, 2.24) is 0 Å². The molecule has 0 saturated heterocycles. The first-order chi connectivity index (χ1) is 20.2. The molecule has 218 valence electrons. The Morgan fingerprint density at radius 3 is 1.56 bits per heavy atom. The summed E-state index contributed by atoms with van der Waals surface area (Å²) >= 11 is 0. The number of aryl methyl sites for hydroxylation is 2. The van der Waals surface area contributed by atoms with Crippen molar-refractivity contribution in [2.24, 2.45) is 0 Å². The summed E-state index contributed by atoms with van der Waals surface area (Å²) in [6, 6.07) is 36.8. The summed E-state index contributed by atoms with van der Waals surface area (Å²) in [5, 5.41) is 0. The third kappa shape index (κ3) is 5.06. The van der Waals surface area contributed by atoms with E-state index in [0.29, 0.717) is 0 Å². The van der Waals surface area contributed by atoms with Crippen LogP contribution in [-0.2, 0) is 16.2 Å². The Hall–Kier alpha value is -3.90. The Morgan fingerprint density at radius 1 is 0.442 bits per heavy atom. The van der Waals surface area contributed by atoms with Crippen molar-refractivity contribution in [2.45, 2.75) is 85.5 Å². The van der Waals surface area contributed by atoms with E-state index in [0.717, 1.165) is 0 Å². The van der Waals surface area contributed by atoms with Crippen molar-refractivity contribution in [3.05, 3.63) is 130 Å². The third-order valence-electron chi connectivity index (χ3n) is 9.67. The number of hydrogen-bond acceptors (Lipinski definition) is 0. The molecule has 6 rings (SSSR count). The van der Waals surface area contributed by atoms with E-state index in [1.54, 1.807) is 0 Å². The number of rotatable bonds is 3. The Morgan fingerprint density at radius 2 is 0.977 bits per heavy atom. The van der Waals surface area contributed by atoms with E-state index in [-0.39, 0.29) is 16.2 Å². The zero-order valence-electron chi connectivity index (χ0n) is 27.7. The second-order valence-electron chi connectivity index (χ2n) is 15.3. The molecule has 1 aliphatic carbocycles. The van der Waals surface area contributed by atoms with Gasteiger partial charge in [-0.3, -0.25) is 0 Å². The maximum atomic E-state index is 2.49. The lowest BCUT2D eigenvalue weighted by molar-refractivity contribution is 0.580. The lowest BCUT2D eigenvalue weighted by atomic mass is 9.76. The summed E-state index contributed by atoms with van der Waals surface area (Å²) in [4.78, 5) is 0. The second-order valence-corrected chi connectivity index (χ2v) is 15.3. The van der Waals surface area contributed by atoms with Crippen LogP contribution in [0.3, 0.4) is 0 Å². The fourth-order valence-electron chi connectivity index (χ4n) is 6.89. The molecule has 0 spiro atoms. The van der Waals surface area contributed by atoms with Crippen LogP contribution in [0.5, 0.6) is 0 Å². The summed E-state index contributed by atoms with van der Waals surface area (Å²) in [7, 11) is 0. The predicted octanol–water partition coefficient (Wildman–Crippen LogP) is 12.2. The van der Waals surface area contributed by atoms with E-state index in [1.807, 2.05) is 0 Å². The molecule has 0 aliphatic heterocycles. The molecule has 5 aromatic carbocycles. The van der Waals surface area contributed by atoms with Gasteiger partial charge in [0, 0.05) is 5.41 Å². The first kappa shape index (κ1) is 29.2. The van der Waals surface area contributed by atoms with E-state index in [2.05, 4.69) is 166 Å². The lowest BCUT2D eigenvalue weighted by Gasteiger charge is -2.27. The number of hydrogen-bond donors (Lipinski definition) is 0. The average Bonchev–Trinajstić information content (AvgIpc) is 3.18. The SMILES string of the molecule is Cc1cc(-c2ccccc2)ccc1-c1ccc(-c2cc(C(C)(C)C)cc3c2-c2ccc(C(C)(C)C)cc2C3(C)C)cc1C. The highest BCUT2D eigenvalue weighted by atomic mass is 14.4. The molecular weight excluding hydrogens is 516 g/mol. The average molecular weight is 563 g/mol. The van der Waals surface area contributed by atoms with Gasteiger partial charge in [-0.15, -0.1) is 0 Å². The molecule has 0 N–H and O–H groups in total. The van der Waals surface area contributed by atoms with Crippen molar-refractivity contribution in [1.29, 1.82) is 0 Å². The Kier molecular flexibility index (Phi) is 6.85. The Labute approximate surface area is 259 Å². The molecule has 0 atom stereocenters. The molecule has 5 aromatic rings. The van der Waals surface area contributed by atoms with E-state index < -0.39 is 0 Å². The monoisotopic (exact) mass is 562 g/mol.